The Morgan fingerprint density at radius 1 is 1.14 bits per heavy atom. The zero-order valence-corrected chi connectivity index (χ0v) is 21.9. The molecule has 36 heavy (non-hydrogen) atoms. The molecule has 1 N–H and O–H groups in total. The summed E-state index contributed by atoms with van der Waals surface area (Å²) >= 11 is 0. The van der Waals surface area contributed by atoms with E-state index in [0.29, 0.717) is 29.5 Å². The van der Waals surface area contributed by atoms with Crippen molar-refractivity contribution in [1.29, 1.82) is 0 Å². The van der Waals surface area contributed by atoms with Crippen LogP contribution in [0.1, 0.15) is 63.9 Å². The first kappa shape index (κ1) is 24.5. The number of amides is 1. The van der Waals surface area contributed by atoms with Crippen molar-refractivity contribution in [3.05, 3.63) is 36.3 Å². The maximum atomic E-state index is 12.9. The Balaban J connectivity index is 0.00000320. The van der Waals surface area contributed by atoms with E-state index in [1.165, 1.54) is 19.3 Å². The number of anilines is 3. The summed E-state index contributed by atoms with van der Waals surface area (Å²) in [4.78, 5) is 33.5. The Hall–Kier alpha value is -3.20. The van der Waals surface area contributed by atoms with Gasteiger partial charge in [-0.1, -0.05) is 19.8 Å². The third-order valence-corrected chi connectivity index (χ3v) is 7.77. The maximum Gasteiger partial charge on any atom is 0.270 e. The number of hydrogen-bond donors (Lipinski definition) is 1. The third-order valence-electron chi connectivity index (χ3n) is 7.77. The minimum Gasteiger partial charge on any atom is -0.368 e. The lowest BCUT2D eigenvalue weighted by atomic mass is 10.2. The van der Waals surface area contributed by atoms with Crippen LogP contribution in [-0.2, 0) is 0 Å². The summed E-state index contributed by atoms with van der Waals surface area (Å²) in [6.07, 6.45) is 9.41. The lowest BCUT2D eigenvalue weighted by Gasteiger charge is -2.38. The van der Waals surface area contributed by atoms with Crippen LogP contribution in [0.15, 0.2) is 30.6 Å². The van der Waals surface area contributed by atoms with E-state index in [4.69, 9.17) is 4.98 Å². The summed E-state index contributed by atoms with van der Waals surface area (Å²) in [6.45, 7) is 8.77. The normalized spacial score (nSPS) is 18.1. The van der Waals surface area contributed by atoms with Crippen molar-refractivity contribution in [3.8, 4) is 0 Å². The molecule has 3 aromatic heterocycles. The minimum atomic E-state index is -0.00310. The molecule has 1 saturated heterocycles. The number of carbonyl (C=O) groups is 1. The molecule has 1 aliphatic heterocycles. The molecule has 0 bridgehead atoms. The summed E-state index contributed by atoms with van der Waals surface area (Å²) in [5.74, 6) is 1.20. The number of rotatable bonds is 7. The number of hydrogen-bond acceptors (Lipinski definition) is 7. The zero-order chi connectivity index (χ0) is 25.2. The summed E-state index contributed by atoms with van der Waals surface area (Å²) in [5, 5.41) is 4.15. The Morgan fingerprint density at radius 3 is 2.53 bits per heavy atom. The monoisotopic (exact) mass is 492 g/mol. The van der Waals surface area contributed by atoms with Crippen LogP contribution >= 0.6 is 0 Å². The molecule has 9 heteroatoms. The molecule has 194 valence electrons. The summed E-state index contributed by atoms with van der Waals surface area (Å²) in [7, 11) is 3.58. The third kappa shape index (κ3) is 4.89. The molecule has 2 fully saturated rings. The first-order valence-corrected chi connectivity index (χ1v) is 13.3. The van der Waals surface area contributed by atoms with Gasteiger partial charge >= 0.3 is 0 Å². The van der Waals surface area contributed by atoms with Crippen molar-refractivity contribution < 1.29 is 6.22 Å². The average Bonchev–Trinajstić information content (AvgIpc) is 3.56. The van der Waals surface area contributed by atoms with Gasteiger partial charge in [0.05, 0.1) is 11.9 Å². The Bertz CT molecular complexity index is 1200. The highest BCUT2D eigenvalue weighted by atomic mass is 16.2. The van der Waals surface area contributed by atoms with E-state index in [1.54, 1.807) is 25.2 Å². The molecule has 1 saturated carbocycles. The van der Waals surface area contributed by atoms with E-state index >= 15 is 0 Å². The smallest absolute Gasteiger partial charge is 0.270 e. The standard InChI is InChI=1S/C27H38N8O.H2/c1-5-19(2)33-12-14-34(15-13-33)22-10-11-24(28-18-22)30-27-29-17-20-16-23(26(36)32(3)4)35(25(20)31-27)21-8-6-7-9-21;/h10-11,16-19,21H,5-9,12-15H2,1-4H3,(H,28,29,30,31);1H. The van der Waals surface area contributed by atoms with Gasteiger partial charge in [0.25, 0.3) is 5.91 Å². The van der Waals surface area contributed by atoms with Gasteiger partial charge < -0.3 is 19.7 Å². The van der Waals surface area contributed by atoms with E-state index in [-0.39, 0.29) is 7.33 Å². The fourth-order valence-corrected chi connectivity index (χ4v) is 5.43. The lowest BCUT2D eigenvalue weighted by molar-refractivity contribution is 0.0815. The van der Waals surface area contributed by atoms with Crippen LogP contribution in [-0.4, -0.2) is 81.5 Å². The van der Waals surface area contributed by atoms with Crippen LogP contribution in [0.4, 0.5) is 17.5 Å². The van der Waals surface area contributed by atoms with Crippen LogP contribution in [0.2, 0.25) is 0 Å². The summed E-state index contributed by atoms with van der Waals surface area (Å²) in [6, 6.07) is 6.96. The Morgan fingerprint density at radius 2 is 1.89 bits per heavy atom. The fraction of sp³-hybridized carbons (Fsp3) is 0.556. The van der Waals surface area contributed by atoms with Gasteiger partial charge in [-0.3, -0.25) is 9.69 Å². The van der Waals surface area contributed by atoms with Gasteiger partial charge in [-0.25, -0.2) is 9.97 Å². The summed E-state index contributed by atoms with van der Waals surface area (Å²) in [5.41, 5.74) is 2.63. The van der Waals surface area contributed by atoms with Crippen molar-refractivity contribution >= 4 is 34.4 Å². The van der Waals surface area contributed by atoms with Crippen molar-refractivity contribution in [1.82, 2.24) is 29.3 Å². The number of fused-ring (bicyclic) bond motifs is 1. The highest BCUT2D eigenvalue weighted by Gasteiger charge is 2.26. The van der Waals surface area contributed by atoms with Gasteiger partial charge in [-0.15, -0.1) is 0 Å². The molecule has 1 atom stereocenters. The van der Waals surface area contributed by atoms with Crippen LogP contribution in [0, 0.1) is 0 Å². The van der Waals surface area contributed by atoms with Crippen LogP contribution in [0.3, 0.4) is 0 Å². The predicted octanol–water partition coefficient (Wildman–Crippen LogP) is 4.55. The van der Waals surface area contributed by atoms with Gasteiger partial charge in [0, 0.05) is 65.4 Å². The Labute approximate surface area is 215 Å². The molecule has 9 nitrogen and oxygen atoms in total. The van der Waals surface area contributed by atoms with Crippen LogP contribution in [0.25, 0.3) is 11.0 Å². The lowest BCUT2D eigenvalue weighted by Crippen LogP contribution is -2.49. The average molecular weight is 493 g/mol. The maximum absolute atomic E-state index is 12.9. The molecule has 3 aromatic rings. The van der Waals surface area contributed by atoms with E-state index in [1.807, 2.05) is 18.3 Å². The topological polar surface area (TPSA) is 82.4 Å². The first-order valence-electron chi connectivity index (χ1n) is 13.3. The fourth-order valence-electron chi connectivity index (χ4n) is 5.43. The molecule has 2 aliphatic rings. The largest absolute Gasteiger partial charge is 0.368 e. The van der Waals surface area contributed by atoms with Crippen molar-refractivity contribution in [3.63, 3.8) is 0 Å². The number of nitrogens with zero attached hydrogens (tertiary/aromatic N) is 7. The quantitative estimate of drug-likeness (QED) is 0.518. The first-order chi connectivity index (χ1) is 17.4. The molecule has 5 rings (SSSR count). The summed E-state index contributed by atoms with van der Waals surface area (Å²) < 4.78 is 2.13. The molecule has 1 aliphatic carbocycles. The van der Waals surface area contributed by atoms with Gasteiger partial charge in [-0.05, 0) is 44.4 Å². The molecule has 1 unspecified atom stereocenters. The van der Waals surface area contributed by atoms with E-state index < -0.39 is 0 Å². The molecule has 0 spiro atoms. The number of piperazine rings is 1. The van der Waals surface area contributed by atoms with Gasteiger partial charge in [0.15, 0.2) is 0 Å². The SMILES string of the molecule is CCC(C)N1CCN(c2ccc(Nc3ncc4cc(C(=O)N(C)C)n(C5CCCC5)c4n3)nc2)CC1.[HH]. The minimum absolute atomic E-state index is 0. The molecule has 0 aromatic carbocycles. The molecule has 4 heterocycles. The number of nitrogens with one attached hydrogen (secondary N) is 1. The number of pyridine rings is 1. The van der Waals surface area contributed by atoms with Crippen LogP contribution < -0.4 is 10.2 Å². The predicted molar refractivity (Wildman–Crippen MR) is 146 cm³/mol. The second kappa shape index (κ2) is 10.4. The van der Waals surface area contributed by atoms with Crippen molar-refractivity contribution in [2.24, 2.45) is 0 Å². The molecule has 1 amide bonds. The van der Waals surface area contributed by atoms with Gasteiger partial charge in [0.1, 0.15) is 17.2 Å². The van der Waals surface area contributed by atoms with Crippen molar-refractivity contribution in [2.45, 2.75) is 58.0 Å². The second-order valence-corrected chi connectivity index (χ2v) is 10.3. The number of aromatic nitrogens is 4. The van der Waals surface area contributed by atoms with Gasteiger partial charge in [-0.2, -0.15) is 4.98 Å². The van der Waals surface area contributed by atoms with E-state index in [9.17, 15) is 4.79 Å². The highest BCUT2D eigenvalue weighted by molar-refractivity contribution is 5.97. The Kier molecular flexibility index (Phi) is 7.09. The van der Waals surface area contributed by atoms with E-state index in [0.717, 1.165) is 55.7 Å². The highest BCUT2D eigenvalue weighted by Crippen LogP contribution is 2.35. The molecular weight excluding hydrogens is 452 g/mol. The zero-order valence-electron chi connectivity index (χ0n) is 21.9. The second-order valence-electron chi connectivity index (χ2n) is 10.3. The number of carbonyl (C=O) groups excluding carboxylic acids is 1. The van der Waals surface area contributed by atoms with E-state index in [2.05, 4.69) is 49.6 Å². The molecular formula is C27H40N8O. The van der Waals surface area contributed by atoms with Crippen molar-refractivity contribution in [2.75, 3.05) is 50.5 Å². The van der Waals surface area contributed by atoms with Crippen LogP contribution in [0.5, 0.6) is 0 Å². The van der Waals surface area contributed by atoms with Gasteiger partial charge in [0.2, 0.25) is 5.95 Å². The molecule has 0 radical (unpaired) electrons.